The predicted molar refractivity (Wildman–Crippen MR) is 96.6 cm³/mol. The second kappa shape index (κ2) is 8.61. The quantitative estimate of drug-likeness (QED) is 0.592. The molecule has 4 N–H and O–H groups in total. The van der Waals surface area contributed by atoms with Crippen LogP contribution in [0.25, 0.3) is 0 Å². The van der Waals surface area contributed by atoms with Gasteiger partial charge in [0.1, 0.15) is 0 Å². The van der Waals surface area contributed by atoms with E-state index in [1.807, 2.05) is 30.3 Å². The molecular weight excluding hydrogens is 351 g/mol. The van der Waals surface area contributed by atoms with E-state index in [-0.39, 0.29) is 17.7 Å². The highest BCUT2D eigenvalue weighted by molar-refractivity contribution is 5.86. The van der Waals surface area contributed by atoms with Crippen LogP contribution in [0.15, 0.2) is 54.6 Å². The molecule has 27 heavy (non-hydrogen) atoms. The van der Waals surface area contributed by atoms with Crippen molar-refractivity contribution >= 4 is 11.8 Å². The van der Waals surface area contributed by atoms with Crippen LogP contribution < -0.4 is 26.4 Å². The van der Waals surface area contributed by atoms with Gasteiger partial charge in [0.05, 0.1) is 12.0 Å². The lowest BCUT2D eigenvalue weighted by molar-refractivity contribution is -0.134. The average Bonchev–Trinajstić information content (AvgIpc) is 3.18. The number of para-hydroxylation sites is 1. The van der Waals surface area contributed by atoms with Gasteiger partial charge in [0, 0.05) is 6.54 Å². The largest absolute Gasteiger partial charge is 0.478 e. The van der Waals surface area contributed by atoms with Crippen LogP contribution in [0.2, 0.25) is 0 Å². The highest BCUT2D eigenvalue weighted by Crippen LogP contribution is 2.24. The van der Waals surface area contributed by atoms with E-state index in [4.69, 9.17) is 4.74 Å². The van der Waals surface area contributed by atoms with Crippen LogP contribution in [0.5, 0.6) is 5.75 Å². The first-order valence-corrected chi connectivity index (χ1v) is 8.60. The molecule has 1 fully saturated rings. The molecule has 2 amide bonds. The molecule has 1 aliphatic rings. The standard InChI is InChI=1S/C19H21FN4O3/c1-12(27-16-10-6-5-9-15(16)20)18(25)23-24-19(26)14-11-21-22-17(14)13-7-3-2-4-8-13/h2-10,12,14,17,21-22H,11H2,1H3,(H,23,25)(H,24,26). The van der Waals surface area contributed by atoms with E-state index in [0.29, 0.717) is 6.54 Å². The molecule has 7 nitrogen and oxygen atoms in total. The van der Waals surface area contributed by atoms with E-state index < -0.39 is 23.7 Å². The molecule has 3 rings (SSSR count). The summed E-state index contributed by atoms with van der Waals surface area (Å²) < 4.78 is 18.9. The Bertz CT molecular complexity index is 803. The van der Waals surface area contributed by atoms with Crippen molar-refractivity contribution in [2.24, 2.45) is 5.92 Å². The number of nitrogens with one attached hydrogen (secondary N) is 4. The van der Waals surface area contributed by atoms with Gasteiger partial charge in [-0.15, -0.1) is 0 Å². The van der Waals surface area contributed by atoms with Crippen molar-refractivity contribution in [1.29, 1.82) is 0 Å². The molecule has 1 saturated heterocycles. The lowest BCUT2D eigenvalue weighted by atomic mass is 9.94. The average molecular weight is 372 g/mol. The molecule has 3 unspecified atom stereocenters. The Hall–Kier alpha value is -2.97. The fourth-order valence-electron chi connectivity index (χ4n) is 2.82. The van der Waals surface area contributed by atoms with Crippen molar-refractivity contribution in [3.8, 4) is 5.75 Å². The minimum Gasteiger partial charge on any atom is -0.478 e. The summed E-state index contributed by atoms with van der Waals surface area (Å²) in [7, 11) is 0. The molecule has 2 aromatic carbocycles. The number of carbonyl (C=O) groups excluding carboxylic acids is 2. The molecule has 0 aromatic heterocycles. The normalized spacial score (nSPS) is 19.9. The third-order valence-corrected chi connectivity index (χ3v) is 4.30. The number of rotatable bonds is 5. The minimum atomic E-state index is -0.980. The zero-order chi connectivity index (χ0) is 19.2. The van der Waals surface area contributed by atoms with Crippen LogP contribution >= 0.6 is 0 Å². The Morgan fingerprint density at radius 3 is 2.56 bits per heavy atom. The van der Waals surface area contributed by atoms with Gasteiger partial charge in [0.15, 0.2) is 17.7 Å². The van der Waals surface area contributed by atoms with E-state index >= 15 is 0 Å². The van der Waals surface area contributed by atoms with Gasteiger partial charge in [-0.25, -0.2) is 9.82 Å². The zero-order valence-corrected chi connectivity index (χ0v) is 14.7. The Kier molecular flexibility index (Phi) is 6.00. The monoisotopic (exact) mass is 372 g/mol. The van der Waals surface area contributed by atoms with Gasteiger partial charge in [-0.2, -0.15) is 0 Å². The van der Waals surface area contributed by atoms with Crippen LogP contribution in [0.1, 0.15) is 18.5 Å². The van der Waals surface area contributed by atoms with E-state index in [1.165, 1.54) is 25.1 Å². The number of ether oxygens (including phenoxy) is 1. The first kappa shape index (κ1) is 18.8. The van der Waals surface area contributed by atoms with Crippen LogP contribution in [-0.2, 0) is 9.59 Å². The van der Waals surface area contributed by atoms with Crippen LogP contribution in [0, 0.1) is 11.7 Å². The Morgan fingerprint density at radius 1 is 1.11 bits per heavy atom. The van der Waals surface area contributed by atoms with Crippen LogP contribution in [0.4, 0.5) is 4.39 Å². The summed E-state index contributed by atoms with van der Waals surface area (Å²) in [5.41, 5.74) is 11.7. The third kappa shape index (κ3) is 4.60. The lowest BCUT2D eigenvalue weighted by Gasteiger charge is -2.20. The van der Waals surface area contributed by atoms with Gasteiger partial charge in [-0.3, -0.25) is 25.9 Å². The van der Waals surface area contributed by atoms with Crippen molar-refractivity contribution in [1.82, 2.24) is 21.7 Å². The number of halogens is 1. The molecule has 0 aliphatic carbocycles. The van der Waals surface area contributed by atoms with E-state index in [9.17, 15) is 14.0 Å². The first-order chi connectivity index (χ1) is 13.1. The first-order valence-electron chi connectivity index (χ1n) is 8.60. The Balaban J connectivity index is 1.53. The van der Waals surface area contributed by atoms with Gasteiger partial charge < -0.3 is 4.74 Å². The number of amides is 2. The van der Waals surface area contributed by atoms with E-state index in [1.54, 1.807) is 6.07 Å². The number of hydrogen-bond acceptors (Lipinski definition) is 5. The molecule has 1 heterocycles. The molecule has 0 radical (unpaired) electrons. The number of carbonyl (C=O) groups is 2. The van der Waals surface area contributed by atoms with Crippen molar-refractivity contribution in [3.05, 3.63) is 66.0 Å². The summed E-state index contributed by atoms with van der Waals surface area (Å²) in [6.07, 6.45) is -0.980. The molecule has 1 aliphatic heterocycles. The van der Waals surface area contributed by atoms with E-state index in [2.05, 4.69) is 21.7 Å². The molecule has 0 saturated carbocycles. The number of hydrogen-bond donors (Lipinski definition) is 4. The van der Waals surface area contributed by atoms with Crippen LogP contribution in [-0.4, -0.2) is 24.5 Å². The zero-order valence-electron chi connectivity index (χ0n) is 14.7. The van der Waals surface area contributed by atoms with Gasteiger partial charge in [-0.05, 0) is 24.6 Å². The molecular formula is C19H21FN4O3. The number of benzene rings is 2. The summed E-state index contributed by atoms with van der Waals surface area (Å²) in [6.45, 7) is 1.89. The molecule has 2 aromatic rings. The fraction of sp³-hybridized carbons (Fsp3) is 0.263. The fourth-order valence-corrected chi connectivity index (χ4v) is 2.82. The minimum absolute atomic E-state index is 0.0280. The van der Waals surface area contributed by atoms with Gasteiger partial charge >= 0.3 is 0 Å². The predicted octanol–water partition coefficient (Wildman–Crippen LogP) is 1.21. The second-order valence-electron chi connectivity index (χ2n) is 6.19. The van der Waals surface area contributed by atoms with Gasteiger partial charge in [0.25, 0.3) is 5.91 Å². The summed E-state index contributed by atoms with van der Waals surface area (Å²) in [4.78, 5) is 24.6. The summed E-state index contributed by atoms with van der Waals surface area (Å²) in [5.74, 6) is -1.92. The molecule has 0 bridgehead atoms. The highest BCUT2D eigenvalue weighted by Gasteiger charge is 2.34. The lowest BCUT2D eigenvalue weighted by Crippen LogP contribution is -2.50. The smallest absolute Gasteiger partial charge is 0.279 e. The SMILES string of the molecule is CC(Oc1ccccc1F)C(=O)NNC(=O)C1CNNC1c1ccccc1. The third-order valence-electron chi connectivity index (χ3n) is 4.30. The molecule has 3 atom stereocenters. The van der Waals surface area contributed by atoms with Crippen molar-refractivity contribution in [2.45, 2.75) is 19.1 Å². The maximum absolute atomic E-state index is 13.6. The summed E-state index contributed by atoms with van der Waals surface area (Å²) in [6, 6.07) is 15.1. The van der Waals surface area contributed by atoms with E-state index in [0.717, 1.165) is 5.56 Å². The van der Waals surface area contributed by atoms with Crippen molar-refractivity contribution in [3.63, 3.8) is 0 Å². The number of hydrazine groups is 2. The van der Waals surface area contributed by atoms with Gasteiger partial charge in [0.2, 0.25) is 5.91 Å². The van der Waals surface area contributed by atoms with Crippen molar-refractivity contribution in [2.75, 3.05) is 6.54 Å². The maximum Gasteiger partial charge on any atom is 0.279 e. The van der Waals surface area contributed by atoms with Crippen LogP contribution in [0.3, 0.4) is 0 Å². The topological polar surface area (TPSA) is 91.5 Å². The Morgan fingerprint density at radius 2 is 1.81 bits per heavy atom. The Labute approximate surface area is 156 Å². The summed E-state index contributed by atoms with van der Waals surface area (Å²) >= 11 is 0. The van der Waals surface area contributed by atoms with Crippen molar-refractivity contribution < 1.29 is 18.7 Å². The highest BCUT2D eigenvalue weighted by atomic mass is 19.1. The molecule has 142 valence electrons. The maximum atomic E-state index is 13.6. The second-order valence-corrected chi connectivity index (χ2v) is 6.19. The van der Waals surface area contributed by atoms with Gasteiger partial charge in [-0.1, -0.05) is 42.5 Å². The molecule has 8 heteroatoms. The summed E-state index contributed by atoms with van der Waals surface area (Å²) in [5, 5.41) is 0. The molecule has 0 spiro atoms.